The number of rotatable bonds is 8. The summed E-state index contributed by atoms with van der Waals surface area (Å²) in [6.45, 7) is 1.42. The Balaban J connectivity index is 0.00000441. The summed E-state index contributed by atoms with van der Waals surface area (Å²) in [5.74, 6) is -0.112. The van der Waals surface area contributed by atoms with Gasteiger partial charge in [0.15, 0.2) is 0 Å². The second-order valence-electron chi connectivity index (χ2n) is 3.31. The molecule has 2 N–H and O–H groups in total. The van der Waals surface area contributed by atoms with Crippen LogP contribution in [0.25, 0.3) is 0 Å². The van der Waals surface area contributed by atoms with Gasteiger partial charge in [-0.05, 0) is 0 Å². The standard InChI is InChI=1S/C7H6N2O5.NO3.H2O.O.2Pb/c1-4-2-5(8(11)12)3-6(7(4)10)9(13)14;2-1(3)4;;;;/h2-3,10H,1H3;;1H2;;;/q;-1;;;2*+1/p-1. The molecular weight excluding hydrogens is 700 g/mol. The Morgan fingerprint density at radius 1 is 1.05 bits per heavy atom. The number of aryl methyl sites for hydroxylation is 1. The number of non-ortho nitro benzene ring substituents is 1. The molecule has 22 heavy (non-hydrogen) atoms. The third-order valence-electron chi connectivity index (χ3n) is 1.99. The van der Waals surface area contributed by atoms with Crippen molar-refractivity contribution in [2.24, 2.45) is 0 Å². The SMILES string of the molecule is Cc1cc([N+](=O)[O-])cc([N+](=O)[O-])c1[O][Pb][O][Pb][O][N+](=O)[O-].O. The van der Waals surface area contributed by atoms with Crippen LogP contribution in [0.15, 0.2) is 12.1 Å². The molecule has 0 aliphatic carbocycles. The minimum Gasteiger partial charge on any atom is -0.412 e. The molecule has 0 bridgehead atoms. The average Bonchev–Trinajstić information content (AvgIpc) is 2.38. The summed E-state index contributed by atoms with van der Waals surface area (Å²) in [5, 5.41) is 30.5. The van der Waals surface area contributed by atoms with Crippen LogP contribution in [0.5, 0.6) is 5.75 Å². The topological polar surface area (TPSA) is 189 Å². The van der Waals surface area contributed by atoms with E-state index in [0.717, 1.165) is 12.1 Å². The molecular formula is C7H7N3O10Pb2. The molecule has 0 spiro atoms. The molecule has 0 aliphatic heterocycles. The number of nitro benzene ring substituents is 2. The van der Waals surface area contributed by atoms with Crippen molar-refractivity contribution in [3.8, 4) is 5.75 Å². The molecule has 4 radical (unpaired) electrons. The number of nitrogens with zero attached hydrogens (tertiary/aromatic N) is 3. The van der Waals surface area contributed by atoms with Gasteiger partial charge in [-0.15, -0.1) is 0 Å². The zero-order valence-electron chi connectivity index (χ0n) is 10.7. The van der Waals surface area contributed by atoms with Gasteiger partial charge in [-0.25, -0.2) is 0 Å². The van der Waals surface area contributed by atoms with Crippen LogP contribution in [0.4, 0.5) is 11.4 Å². The van der Waals surface area contributed by atoms with Gasteiger partial charge in [-0.3, -0.25) is 0 Å². The first-order valence-corrected chi connectivity index (χ1v) is 11.2. The Kier molecular flexibility index (Phi) is 9.19. The van der Waals surface area contributed by atoms with Crippen LogP contribution < -0.4 is 2.69 Å². The Morgan fingerprint density at radius 3 is 2.18 bits per heavy atom. The number of nitro groups is 2. The van der Waals surface area contributed by atoms with Crippen molar-refractivity contribution >= 4 is 61.7 Å². The van der Waals surface area contributed by atoms with Crippen LogP contribution >= 0.6 is 0 Å². The first-order chi connectivity index (χ1) is 9.82. The Labute approximate surface area is 148 Å². The third kappa shape index (κ3) is 6.27. The zero-order chi connectivity index (χ0) is 16.0. The van der Waals surface area contributed by atoms with E-state index in [0.29, 0.717) is 0 Å². The smallest absolute Gasteiger partial charge is 0.412 e. The van der Waals surface area contributed by atoms with Gasteiger partial charge in [-0.2, -0.15) is 0 Å². The summed E-state index contributed by atoms with van der Waals surface area (Å²) >= 11 is -4.58. The summed E-state index contributed by atoms with van der Waals surface area (Å²) in [6, 6.07) is 1.93. The van der Waals surface area contributed by atoms with Crippen molar-refractivity contribution in [3.05, 3.63) is 48.0 Å². The zero-order valence-corrected chi connectivity index (χ0v) is 18.4. The van der Waals surface area contributed by atoms with Crippen molar-refractivity contribution in [1.29, 1.82) is 0 Å². The predicted octanol–water partition coefficient (Wildman–Crippen LogP) is -0.341. The van der Waals surface area contributed by atoms with Crippen LogP contribution in [0.2, 0.25) is 0 Å². The molecule has 0 fully saturated rings. The van der Waals surface area contributed by atoms with Gasteiger partial charge in [0, 0.05) is 0 Å². The molecule has 0 aliphatic rings. The quantitative estimate of drug-likeness (QED) is 0.151. The molecule has 15 heteroatoms. The molecule has 1 aromatic carbocycles. The first kappa shape index (κ1) is 20.8. The van der Waals surface area contributed by atoms with E-state index in [-0.39, 0.29) is 16.8 Å². The fourth-order valence-corrected chi connectivity index (χ4v) is 7.12. The number of hydrogen-bond acceptors (Lipinski definition) is 9. The number of hydrogen-bond donors (Lipinski definition) is 0. The van der Waals surface area contributed by atoms with Gasteiger partial charge in [0.1, 0.15) is 0 Å². The van der Waals surface area contributed by atoms with E-state index in [1.54, 1.807) is 0 Å². The van der Waals surface area contributed by atoms with Crippen molar-refractivity contribution in [1.82, 2.24) is 0 Å². The molecule has 0 saturated carbocycles. The fraction of sp³-hybridized carbons (Fsp3) is 0.143. The third-order valence-corrected chi connectivity index (χ3v) is 10.3. The van der Waals surface area contributed by atoms with Crippen molar-refractivity contribution in [2.45, 2.75) is 6.92 Å². The largest absolute Gasteiger partial charge is 0.412 e. The van der Waals surface area contributed by atoms with Crippen LogP contribution in [0.1, 0.15) is 5.56 Å². The van der Waals surface area contributed by atoms with Gasteiger partial charge >= 0.3 is 143 Å². The second-order valence-corrected chi connectivity index (χ2v) is 13.9. The average molecular weight is 708 g/mol. The molecule has 0 atom stereocenters. The van der Waals surface area contributed by atoms with E-state index in [1.165, 1.54) is 6.92 Å². The normalized spacial score (nSPS) is 9.50. The molecule has 1 aromatic rings. The molecule has 118 valence electrons. The molecule has 1 rings (SSSR count). The summed E-state index contributed by atoms with van der Waals surface area (Å²) in [4.78, 5) is 29.9. The van der Waals surface area contributed by atoms with Gasteiger partial charge in [0.2, 0.25) is 0 Å². The van der Waals surface area contributed by atoms with Gasteiger partial charge < -0.3 is 5.48 Å². The Bertz CT molecular complexity index is 582. The molecule has 13 nitrogen and oxygen atoms in total. The van der Waals surface area contributed by atoms with Crippen molar-refractivity contribution < 1.29 is 26.5 Å². The maximum Gasteiger partial charge on any atom is -0.412 e. The van der Waals surface area contributed by atoms with Crippen molar-refractivity contribution in [2.75, 3.05) is 0 Å². The Hall–Kier alpha value is -1.22. The maximum atomic E-state index is 10.9. The van der Waals surface area contributed by atoms with Crippen molar-refractivity contribution in [3.63, 3.8) is 0 Å². The summed E-state index contributed by atoms with van der Waals surface area (Å²) in [7, 11) is 0. The van der Waals surface area contributed by atoms with Gasteiger partial charge in [-0.1, -0.05) is 0 Å². The Morgan fingerprint density at radius 2 is 1.68 bits per heavy atom. The predicted molar refractivity (Wildman–Crippen MR) is 69.4 cm³/mol. The van der Waals surface area contributed by atoms with Gasteiger partial charge in [0.25, 0.3) is 0 Å². The minimum absolute atomic E-state index is 0. The van der Waals surface area contributed by atoms with Crippen LogP contribution in [-0.4, -0.2) is 70.7 Å². The van der Waals surface area contributed by atoms with Crippen LogP contribution in [0.3, 0.4) is 0 Å². The van der Waals surface area contributed by atoms with Gasteiger partial charge in [0.05, 0.1) is 0 Å². The van der Waals surface area contributed by atoms with E-state index >= 15 is 0 Å². The van der Waals surface area contributed by atoms with Crippen LogP contribution in [0, 0.1) is 37.3 Å². The monoisotopic (exact) mass is 709 g/mol. The minimum atomic E-state index is -2.31. The second kappa shape index (κ2) is 9.73. The van der Waals surface area contributed by atoms with E-state index in [9.17, 15) is 30.3 Å². The summed E-state index contributed by atoms with van der Waals surface area (Å²) in [5.41, 5.74) is -0.743. The molecule has 0 saturated heterocycles. The molecule has 0 amide bonds. The van der Waals surface area contributed by atoms with E-state index in [4.69, 9.17) is 3.32 Å². The molecule has 0 aromatic heterocycles. The fourth-order valence-electron chi connectivity index (χ4n) is 1.24. The maximum absolute atomic E-state index is 10.9. The molecule has 0 unspecified atom stereocenters. The molecule has 0 heterocycles. The van der Waals surface area contributed by atoms with E-state index in [1.807, 2.05) is 0 Å². The van der Waals surface area contributed by atoms with E-state index in [2.05, 4.69) is 2.79 Å². The van der Waals surface area contributed by atoms with E-state index < -0.39 is 76.6 Å². The summed E-state index contributed by atoms with van der Waals surface area (Å²) < 4.78 is 14.2. The summed E-state index contributed by atoms with van der Waals surface area (Å²) in [6.07, 6.45) is 0. The number of benzene rings is 1. The van der Waals surface area contributed by atoms with Crippen LogP contribution in [-0.2, 0) is 3.43 Å². The first-order valence-electron chi connectivity index (χ1n) is 4.90.